The Morgan fingerprint density at radius 3 is 2.79 bits per heavy atom. The quantitative estimate of drug-likeness (QED) is 0.489. The van der Waals surface area contributed by atoms with Crippen molar-refractivity contribution in [1.82, 2.24) is 29.8 Å². The zero-order valence-corrected chi connectivity index (χ0v) is 16.1. The van der Waals surface area contributed by atoms with E-state index in [2.05, 4.69) is 25.3 Å². The van der Waals surface area contributed by atoms with Crippen molar-refractivity contribution in [2.24, 2.45) is 0 Å². The van der Waals surface area contributed by atoms with Gasteiger partial charge in [-0.1, -0.05) is 11.6 Å². The number of carbonyl (C=O) groups is 1. The third-order valence-electron chi connectivity index (χ3n) is 4.40. The Morgan fingerprint density at radius 2 is 2.04 bits per heavy atom. The first kappa shape index (κ1) is 18.2. The molecule has 2 N–H and O–H groups in total. The van der Waals surface area contributed by atoms with Crippen LogP contribution in [0.5, 0.6) is 0 Å². The summed E-state index contributed by atoms with van der Waals surface area (Å²) in [7, 11) is 0. The topological polar surface area (TPSA) is 88.5 Å². The molecule has 8 heteroatoms. The van der Waals surface area contributed by atoms with Crippen LogP contribution in [0.25, 0.3) is 22.6 Å². The number of halogens is 1. The van der Waals surface area contributed by atoms with Gasteiger partial charge in [0, 0.05) is 36.1 Å². The molecule has 1 aromatic carbocycles. The van der Waals surface area contributed by atoms with Gasteiger partial charge < -0.3 is 14.9 Å². The van der Waals surface area contributed by atoms with Crippen LogP contribution in [0.1, 0.15) is 22.5 Å². The Morgan fingerprint density at radius 1 is 1.21 bits per heavy atom. The fraction of sp³-hybridized carbons (Fsp3) is 0.200. The van der Waals surface area contributed by atoms with E-state index in [-0.39, 0.29) is 5.91 Å². The van der Waals surface area contributed by atoms with Gasteiger partial charge in [-0.3, -0.25) is 4.79 Å². The molecule has 142 valence electrons. The smallest absolute Gasteiger partial charge is 0.253 e. The van der Waals surface area contributed by atoms with Crippen molar-refractivity contribution in [2.45, 2.75) is 19.9 Å². The lowest BCUT2D eigenvalue weighted by Crippen LogP contribution is -2.25. The standard InChI is InChI=1S/C20H19ClN6O/c1-13-11-27(12-24-13)10-2-8-23-20(28)16-7-9-22-19-17(16)25-18(26-19)14-3-5-15(21)6-4-14/h3-7,9,11-12H,2,8,10H2,1H3,(H,23,28)(H,22,25,26). The maximum Gasteiger partial charge on any atom is 0.253 e. The van der Waals surface area contributed by atoms with Crippen LogP contribution in [0.4, 0.5) is 0 Å². The Labute approximate surface area is 166 Å². The van der Waals surface area contributed by atoms with E-state index >= 15 is 0 Å². The molecule has 0 spiro atoms. The average Bonchev–Trinajstić information content (AvgIpc) is 3.31. The number of H-pyrrole nitrogens is 1. The van der Waals surface area contributed by atoms with E-state index in [4.69, 9.17) is 11.6 Å². The molecule has 0 saturated heterocycles. The maximum absolute atomic E-state index is 12.6. The lowest BCUT2D eigenvalue weighted by atomic mass is 10.2. The molecule has 4 aromatic rings. The minimum Gasteiger partial charge on any atom is -0.352 e. The van der Waals surface area contributed by atoms with Crippen LogP contribution in [0, 0.1) is 6.92 Å². The monoisotopic (exact) mass is 394 g/mol. The van der Waals surface area contributed by atoms with Gasteiger partial charge in [0.2, 0.25) is 0 Å². The molecule has 0 fully saturated rings. The normalized spacial score (nSPS) is 11.1. The summed E-state index contributed by atoms with van der Waals surface area (Å²) in [5, 5.41) is 3.62. The summed E-state index contributed by atoms with van der Waals surface area (Å²) in [6.45, 7) is 3.32. The summed E-state index contributed by atoms with van der Waals surface area (Å²) < 4.78 is 2.01. The number of carbonyl (C=O) groups excluding carboxylic acids is 1. The van der Waals surface area contributed by atoms with Crippen molar-refractivity contribution in [3.05, 3.63) is 65.3 Å². The number of benzene rings is 1. The number of imidazole rings is 2. The molecule has 0 saturated carbocycles. The lowest BCUT2D eigenvalue weighted by molar-refractivity contribution is 0.0954. The van der Waals surface area contributed by atoms with Crippen molar-refractivity contribution >= 4 is 28.7 Å². The number of aryl methyl sites for hydroxylation is 2. The number of nitrogens with zero attached hydrogens (tertiary/aromatic N) is 4. The molecule has 0 aliphatic carbocycles. The highest BCUT2D eigenvalue weighted by atomic mass is 35.5. The fourth-order valence-corrected chi connectivity index (χ4v) is 3.12. The molecular weight excluding hydrogens is 376 g/mol. The van der Waals surface area contributed by atoms with Crippen LogP contribution in [-0.4, -0.2) is 37.0 Å². The van der Waals surface area contributed by atoms with Gasteiger partial charge in [0.25, 0.3) is 5.91 Å². The van der Waals surface area contributed by atoms with Crippen LogP contribution in [0.2, 0.25) is 5.02 Å². The number of aromatic nitrogens is 5. The summed E-state index contributed by atoms with van der Waals surface area (Å²) in [5.74, 6) is 0.496. The zero-order valence-electron chi connectivity index (χ0n) is 15.3. The molecular formula is C20H19ClN6O. The molecule has 0 bridgehead atoms. The second-order valence-electron chi connectivity index (χ2n) is 6.51. The highest BCUT2D eigenvalue weighted by molar-refractivity contribution is 6.30. The molecule has 0 radical (unpaired) electrons. The highest BCUT2D eigenvalue weighted by Gasteiger charge is 2.14. The van der Waals surface area contributed by atoms with Crippen LogP contribution < -0.4 is 5.32 Å². The molecule has 0 atom stereocenters. The molecule has 0 aliphatic rings. The van der Waals surface area contributed by atoms with E-state index in [1.54, 1.807) is 30.7 Å². The van der Waals surface area contributed by atoms with E-state index in [0.29, 0.717) is 34.1 Å². The van der Waals surface area contributed by atoms with E-state index in [1.165, 1.54) is 0 Å². The summed E-state index contributed by atoms with van der Waals surface area (Å²) in [6.07, 6.45) is 6.19. The predicted molar refractivity (Wildman–Crippen MR) is 108 cm³/mol. The molecule has 28 heavy (non-hydrogen) atoms. The molecule has 0 unspecified atom stereocenters. The predicted octanol–water partition coefficient (Wildman–Crippen LogP) is 3.60. The van der Waals surface area contributed by atoms with E-state index < -0.39 is 0 Å². The summed E-state index contributed by atoms with van der Waals surface area (Å²) in [5.41, 5.74) is 3.51. The van der Waals surface area contributed by atoms with Gasteiger partial charge in [-0.15, -0.1) is 0 Å². The van der Waals surface area contributed by atoms with Gasteiger partial charge >= 0.3 is 0 Å². The Balaban J connectivity index is 1.46. The first-order valence-corrected chi connectivity index (χ1v) is 9.35. The van der Waals surface area contributed by atoms with Gasteiger partial charge in [0.15, 0.2) is 5.65 Å². The number of amides is 1. The van der Waals surface area contributed by atoms with Gasteiger partial charge in [-0.05, 0) is 43.7 Å². The zero-order chi connectivity index (χ0) is 19.5. The van der Waals surface area contributed by atoms with E-state index in [1.807, 2.05) is 29.8 Å². The SMILES string of the molecule is Cc1cn(CCCNC(=O)c2ccnc3nc(-c4ccc(Cl)cc4)[nH]c23)cn1. The number of rotatable bonds is 6. The van der Waals surface area contributed by atoms with Crippen LogP contribution in [0.15, 0.2) is 49.1 Å². The van der Waals surface area contributed by atoms with Crippen LogP contribution >= 0.6 is 11.6 Å². The molecule has 4 rings (SSSR count). The van der Waals surface area contributed by atoms with Crippen molar-refractivity contribution in [1.29, 1.82) is 0 Å². The van der Waals surface area contributed by atoms with E-state index in [9.17, 15) is 4.79 Å². The van der Waals surface area contributed by atoms with Crippen molar-refractivity contribution < 1.29 is 4.79 Å². The second-order valence-corrected chi connectivity index (χ2v) is 6.95. The summed E-state index contributed by atoms with van der Waals surface area (Å²) in [4.78, 5) is 28.8. The van der Waals surface area contributed by atoms with Crippen molar-refractivity contribution in [2.75, 3.05) is 6.54 Å². The number of hydrogen-bond donors (Lipinski definition) is 2. The third-order valence-corrected chi connectivity index (χ3v) is 4.65. The van der Waals surface area contributed by atoms with Crippen LogP contribution in [0.3, 0.4) is 0 Å². The number of aromatic amines is 1. The van der Waals surface area contributed by atoms with E-state index in [0.717, 1.165) is 24.2 Å². The Hall–Kier alpha value is -3.19. The average molecular weight is 395 g/mol. The van der Waals surface area contributed by atoms with Gasteiger partial charge in [0.1, 0.15) is 5.82 Å². The molecule has 3 aromatic heterocycles. The first-order chi connectivity index (χ1) is 13.6. The first-order valence-electron chi connectivity index (χ1n) is 8.97. The highest BCUT2D eigenvalue weighted by Crippen LogP contribution is 2.23. The third kappa shape index (κ3) is 3.89. The number of pyridine rings is 1. The second kappa shape index (κ2) is 7.82. The van der Waals surface area contributed by atoms with Crippen molar-refractivity contribution in [3.8, 4) is 11.4 Å². The largest absolute Gasteiger partial charge is 0.352 e. The van der Waals surface area contributed by atoms with Crippen LogP contribution in [-0.2, 0) is 6.54 Å². The number of nitrogens with one attached hydrogen (secondary N) is 2. The number of fused-ring (bicyclic) bond motifs is 1. The number of hydrogen-bond acceptors (Lipinski definition) is 4. The summed E-state index contributed by atoms with van der Waals surface area (Å²) >= 11 is 5.94. The minimum absolute atomic E-state index is 0.152. The lowest BCUT2D eigenvalue weighted by Gasteiger charge is -2.06. The molecule has 3 heterocycles. The van der Waals surface area contributed by atoms with Gasteiger partial charge in [0.05, 0.1) is 23.1 Å². The summed E-state index contributed by atoms with van der Waals surface area (Å²) in [6, 6.07) is 9.04. The fourth-order valence-electron chi connectivity index (χ4n) is 3.00. The molecule has 7 nitrogen and oxygen atoms in total. The molecule has 1 amide bonds. The Bertz CT molecular complexity index is 1120. The Kier molecular flexibility index (Phi) is 5.08. The maximum atomic E-state index is 12.6. The minimum atomic E-state index is -0.152. The molecule has 0 aliphatic heterocycles. The van der Waals surface area contributed by atoms with Crippen molar-refractivity contribution in [3.63, 3.8) is 0 Å². The van der Waals surface area contributed by atoms with Gasteiger partial charge in [-0.2, -0.15) is 0 Å². The van der Waals surface area contributed by atoms with Gasteiger partial charge in [-0.25, -0.2) is 15.0 Å².